The van der Waals surface area contributed by atoms with Crippen molar-refractivity contribution in [1.82, 2.24) is 5.32 Å². The predicted molar refractivity (Wildman–Crippen MR) is 127 cm³/mol. The highest BCUT2D eigenvalue weighted by Gasteiger charge is 2.24. The lowest BCUT2D eigenvalue weighted by Crippen LogP contribution is -2.19. The number of benzene rings is 2. The third-order valence-electron chi connectivity index (χ3n) is 4.49. The number of thioether (sulfide) groups is 1. The topological polar surface area (TPSA) is 97.2 Å². The van der Waals surface area contributed by atoms with Crippen LogP contribution in [-0.4, -0.2) is 35.9 Å². The zero-order chi connectivity index (χ0) is 23.3. The van der Waals surface area contributed by atoms with Crippen molar-refractivity contribution in [2.24, 2.45) is 4.99 Å². The third-order valence-corrected chi connectivity index (χ3v) is 5.81. The van der Waals surface area contributed by atoms with Crippen molar-refractivity contribution in [2.45, 2.75) is 13.3 Å². The second kappa shape index (κ2) is 10.4. The van der Waals surface area contributed by atoms with Crippen LogP contribution in [-0.2, 0) is 16.0 Å². The first kappa shape index (κ1) is 23.4. The van der Waals surface area contributed by atoms with Crippen LogP contribution in [0.1, 0.15) is 16.7 Å². The zero-order valence-electron chi connectivity index (χ0n) is 17.5. The van der Waals surface area contributed by atoms with Crippen LogP contribution in [0.25, 0.3) is 6.08 Å². The molecular weight excluding hydrogens is 452 g/mol. The van der Waals surface area contributed by atoms with Crippen molar-refractivity contribution in [3.05, 3.63) is 69.6 Å². The third kappa shape index (κ3) is 5.52. The Labute approximate surface area is 194 Å². The Kier molecular flexibility index (Phi) is 7.61. The van der Waals surface area contributed by atoms with Gasteiger partial charge in [-0.25, -0.2) is 9.79 Å². The highest BCUT2D eigenvalue weighted by Crippen LogP contribution is 2.36. The monoisotopic (exact) mass is 472 g/mol. The Morgan fingerprint density at radius 3 is 2.84 bits per heavy atom. The quantitative estimate of drug-likeness (QED) is 0.425. The van der Waals surface area contributed by atoms with Crippen LogP contribution in [0, 0.1) is 6.92 Å². The fourth-order valence-electron chi connectivity index (χ4n) is 2.98. The lowest BCUT2D eigenvalue weighted by atomic mass is 10.0. The number of nitrogens with one attached hydrogen (secondary N) is 1. The van der Waals surface area contributed by atoms with Crippen LogP contribution in [0.15, 0.2) is 52.9 Å². The van der Waals surface area contributed by atoms with Crippen LogP contribution in [0.4, 0.5) is 5.69 Å². The van der Waals surface area contributed by atoms with Gasteiger partial charge in [0.15, 0.2) is 23.3 Å². The van der Waals surface area contributed by atoms with Gasteiger partial charge >= 0.3 is 5.97 Å². The molecule has 166 valence electrons. The first-order valence-corrected chi connectivity index (χ1v) is 10.7. The van der Waals surface area contributed by atoms with Gasteiger partial charge in [-0.05, 0) is 66.6 Å². The molecule has 9 heteroatoms. The SMILES string of the molecule is C=CCc1cc(/C=C2\SC(=Nc3cccc(Cl)c3C)NC2=O)cc(OC)c1OCC(=O)O. The molecule has 0 aromatic heterocycles. The minimum atomic E-state index is -1.09. The minimum Gasteiger partial charge on any atom is -0.493 e. The predicted octanol–water partition coefficient (Wildman–Crippen LogP) is 4.74. The zero-order valence-corrected chi connectivity index (χ0v) is 19.0. The van der Waals surface area contributed by atoms with Gasteiger partial charge in [0.1, 0.15) is 0 Å². The summed E-state index contributed by atoms with van der Waals surface area (Å²) in [6, 6.07) is 8.89. The summed E-state index contributed by atoms with van der Waals surface area (Å²) in [5, 5.41) is 12.7. The molecule has 2 aromatic rings. The lowest BCUT2D eigenvalue weighted by molar-refractivity contribution is -0.139. The molecule has 1 saturated heterocycles. The fraction of sp³-hybridized carbons (Fsp3) is 0.174. The molecule has 1 aliphatic heterocycles. The molecule has 0 aliphatic carbocycles. The number of amides is 1. The molecule has 3 rings (SSSR count). The van der Waals surface area contributed by atoms with Crippen molar-refractivity contribution < 1.29 is 24.2 Å². The Hall–Kier alpha value is -3.23. The van der Waals surface area contributed by atoms with E-state index in [1.165, 1.54) is 18.9 Å². The standard InChI is InChI=1S/C23H21ClN2O5S/c1-4-6-15-9-14(10-18(30-3)21(15)31-12-20(27)28)11-19-22(29)26-23(32-19)25-17-8-5-7-16(24)13(17)2/h4-5,7-11H,1,6,12H2,2-3H3,(H,27,28)(H,25,26,29)/b19-11-. The lowest BCUT2D eigenvalue weighted by Gasteiger charge is -2.14. The number of ether oxygens (including phenoxy) is 2. The number of carboxylic acid groups (broad SMARTS) is 1. The molecule has 0 atom stereocenters. The number of aliphatic imine (C=N–C) groups is 1. The van der Waals surface area contributed by atoms with Gasteiger partial charge in [0, 0.05) is 10.6 Å². The van der Waals surface area contributed by atoms with Gasteiger partial charge < -0.3 is 19.9 Å². The molecule has 2 N–H and O–H groups in total. The molecule has 32 heavy (non-hydrogen) atoms. The largest absolute Gasteiger partial charge is 0.493 e. The van der Waals surface area contributed by atoms with Crippen LogP contribution >= 0.6 is 23.4 Å². The normalized spacial score (nSPS) is 15.7. The molecule has 2 aromatic carbocycles. The van der Waals surface area contributed by atoms with E-state index < -0.39 is 12.6 Å². The summed E-state index contributed by atoms with van der Waals surface area (Å²) < 4.78 is 10.8. The highest BCUT2D eigenvalue weighted by atomic mass is 35.5. The summed E-state index contributed by atoms with van der Waals surface area (Å²) >= 11 is 7.36. The average Bonchev–Trinajstić information content (AvgIpc) is 3.09. The van der Waals surface area contributed by atoms with Gasteiger partial charge in [-0.2, -0.15) is 0 Å². The van der Waals surface area contributed by atoms with Gasteiger partial charge in [-0.3, -0.25) is 4.79 Å². The number of allylic oxidation sites excluding steroid dienone is 1. The van der Waals surface area contributed by atoms with E-state index in [9.17, 15) is 9.59 Å². The summed E-state index contributed by atoms with van der Waals surface area (Å²) in [4.78, 5) is 28.4. The molecule has 1 amide bonds. The number of amidine groups is 1. The second-order valence-electron chi connectivity index (χ2n) is 6.75. The summed E-state index contributed by atoms with van der Waals surface area (Å²) in [6.07, 6.45) is 3.82. The Balaban J connectivity index is 1.93. The number of carbonyl (C=O) groups excluding carboxylic acids is 1. The number of aliphatic carboxylic acids is 1. The fourth-order valence-corrected chi connectivity index (χ4v) is 3.99. The maximum absolute atomic E-state index is 12.5. The number of hydrogen-bond donors (Lipinski definition) is 2. The Morgan fingerprint density at radius 1 is 1.38 bits per heavy atom. The van der Waals surface area contributed by atoms with Gasteiger partial charge in [0.05, 0.1) is 17.7 Å². The van der Waals surface area contributed by atoms with E-state index in [0.717, 1.165) is 5.56 Å². The van der Waals surface area contributed by atoms with E-state index in [0.29, 0.717) is 49.8 Å². The van der Waals surface area contributed by atoms with Crippen molar-refractivity contribution in [2.75, 3.05) is 13.7 Å². The van der Waals surface area contributed by atoms with E-state index in [2.05, 4.69) is 16.9 Å². The number of hydrogen-bond acceptors (Lipinski definition) is 6. The average molecular weight is 473 g/mol. The van der Waals surface area contributed by atoms with Crippen LogP contribution in [0.2, 0.25) is 5.02 Å². The molecule has 0 radical (unpaired) electrons. The smallest absolute Gasteiger partial charge is 0.341 e. The number of nitrogens with zero attached hydrogens (tertiary/aromatic N) is 1. The molecule has 1 fully saturated rings. The first-order chi connectivity index (χ1) is 15.3. The first-order valence-electron chi connectivity index (χ1n) is 9.53. The van der Waals surface area contributed by atoms with Crippen molar-refractivity contribution in [1.29, 1.82) is 0 Å². The van der Waals surface area contributed by atoms with Gasteiger partial charge in [-0.15, -0.1) is 6.58 Å². The molecule has 0 spiro atoms. The molecule has 0 unspecified atom stereocenters. The molecule has 0 bridgehead atoms. The van der Waals surface area contributed by atoms with Crippen molar-refractivity contribution in [3.63, 3.8) is 0 Å². The van der Waals surface area contributed by atoms with Gasteiger partial charge in [0.2, 0.25) is 0 Å². The van der Waals surface area contributed by atoms with Gasteiger partial charge in [0.25, 0.3) is 5.91 Å². The Morgan fingerprint density at radius 2 is 2.16 bits per heavy atom. The van der Waals surface area contributed by atoms with Crippen LogP contribution < -0.4 is 14.8 Å². The number of methoxy groups -OCH3 is 1. The van der Waals surface area contributed by atoms with E-state index in [1.54, 1.807) is 36.4 Å². The Bertz CT molecular complexity index is 1140. The molecule has 1 aliphatic rings. The maximum Gasteiger partial charge on any atom is 0.341 e. The molecule has 0 saturated carbocycles. The van der Waals surface area contributed by atoms with E-state index in [-0.39, 0.29) is 5.91 Å². The summed E-state index contributed by atoms with van der Waals surface area (Å²) in [7, 11) is 1.46. The second-order valence-corrected chi connectivity index (χ2v) is 8.19. The summed E-state index contributed by atoms with van der Waals surface area (Å²) in [5.74, 6) is -0.670. The molecule has 7 nitrogen and oxygen atoms in total. The van der Waals surface area contributed by atoms with E-state index in [4.69, 9.17) is 26.2 Å². The highest BCUT2D eigenvalue weighted by molar-refractivity contribution is 8.18. The number of carboxylic acids is 1. The van der Waals surface area contributed by atoms with Gasteiger partial charge in [-0.1, -0.05) is 23.7 Å². The molecular formula is C23H21ClN2O5S. The van der Waals surface area contributed by atoms with Crippen LogP contribution in [0.3, 0.4) is 0 Å². The molecule has 1 heterocycles. The number of rotatable bonds is 8. The van der Waals surface area contributed by atoms with Crippen LogP contribution in [0.5, 0.6) is 11.5 Å². The van der Waals surface area contributed by atoms with Crippen molar-refractivity contribution in [3.8, 4) is 11.5 Å². The number of halogens is 1. The maximum atomic E-state index is 12.5. The van der Waals surface area contributed by atoms with E-state index in [1.807, 2.05) is 13.0 Å². The summed E-state index contributed by atoms with van der Waals surface area (Å²) in [6.45, 7) is 5.10. The number of carbonyl (C=O) groups is 2. The minimum absolute atomic E-state index is 0.274. The summed E-state index contributed by atoms with van der Waals surface area (Å²) in [5.41, 5.74) is 2.89. The van der Waals surface area contributed by atoms with E-state index >= 15 is 0 Å². The van der Waals surface area contributed by atoms with Crippen molar-refractivity contribution >= 4 is 52.2 Å².